The molecule has 0 atom stereocenters. The fraction of sp³-hybridized carbons (Fsp3) is 0.167. The standard InChI is InChI=1S/C22H22N2.2CH3.Ti/c1-15-9-7-10-16(2)21(15)23-19-13-5-6-14-20(19)24-22-17(3)11-8-12-18(22)4;;;/h5-14H,1-4H3;2*1H3;/q-2;2*-1;+4. The quantitative estimate of drug-likeness (QED) is 0.315. The first kappa shape index (κ1) is 25.0. The van der Waals surface area contributed by atoms with Crippen LogP contribution in [-0.4, -0.2) is 0 Å². The monoisotopic (exact) mass is 392 g/mol. The molecule has 0 amide bonds. The van der Waals surface area contributed by atoms with Crippen molar-refractivity contribution in [3.05, 3.63) is 108 Å². The van der Waals surface area contributed by atoms with Crippen LogP contribution in [0.1, 0.15) is 22.3 Å². The number of hydrogen-bond acceptors (Lipinski definition) is 0. The zero-order valence-corrected chi connectivity index (χ0v) is 18.7. The Kier molecular flexibility index (Phi) is 10.1. The van der Waals surface area contributed by atoms with Crippen molar-refractivity contribution in [3.63, 3.8) is 0 Å². The molecule has 0 aromatic heterocycles. The molecule has 0 heterocycles. The molecule has 3 rings (SSSR count). The van der Waals surface area contributed by atoms with Gasteiger partial charge in [0, 0.05) is 0 Å². The van der Waals surface area contributed by atoms with E-state index in [4.69, 9.17) is 10.6 Å². The minimum atomic E-state index is 0. The Labute approximate surface area is 180 Å². The van der Waals surface area contributed by atoms with E-state index in [1.165, 1.54) is 22.3 Å². The Morgan fingerprint density at radius 1 is 0.481 bits per heavy atom. The van der Waals surface area contributed by atoms with Crippen molar-refractivity contribution >= 4 is 22.7 Å². The Hall–Kier alpha value is -2.03. The van der Waals surface area contributed by atoms with E-state index in [9.17, 15) is 0 Å². The van der Waals surface area contributed by atoms with Gasteiger partial charge < -0.3 is 25.5 Å². The zero-order valence-electron chi connectivity index (χ0n) is 17.2. The van der Waals surface area contributed by atoms with Gasteiger partial charge >= 0.3 is 21.7 Å². The second-order valence-electron chi connectivity index (χ2n) is 6.19. The molecule has 3 heteroatoms. The molecule has 0 saturated carbocycles. The first-order valence-electron chi connectivity index (χ1n) is 8.21. The van der Waals surface area contributed by atoms with E-state index in [0.717, 1.165) is 22.7 Å². The summed E-state index contributed by atoms with van der Waals surface area (Å²) in [5.74, 6) is 0. The van der Waals surface area contributed by atoms with Gasteiger partial charge in [-0.05, 0) is 27.7 Å². The first-order chi connectivity index (χ1) is 11.6. The van der Waals surface area contributed by atoms with Gasteiger partial charge in [-0.1, -0.05) is 82.9 Å². The van der Waals surface area contributed by atoms with E-state index in [1.54, 1.807) is 0 Å². The Bertz CT molecular complexity index is 759. The normalized spacial score (nSPS) is 9.33. The summed E-state index contributed by atoms with van der Waals surface area (Å²) in [5, 5.41) is 9.80. The molecule has 0 unspecified atom stereocenters. The van der Waals surface area contributed by atoms with Crippen LogP contribution >= 0.6 is 0 Å². The summed E-state index contributed by atoms with van der Waals surface area (Å²) in [4.78, 5) is 0. The summed E-state index contributed by atoms with van der Waals surface area (Å²) >= 11 is 0. The molecule has 0 saturated heterocycles. The van der Waals surface area contributed by atoms with E-state index >= 15 is 0 Å². The van der Waals surface area contributed by atoms with E-state index in [-0.39, 0.29) is 36.6 Å². The predicted octanol–water partition coefficient (Wildman–Crippen LogP) is 8.49. The van der Waals surface area contributed by atoms with Crippen molar-refractivity contribution in [1.29, 1.82) is 0 Å². The predicted molar refractivity (Wildman–Crippen MR) is 116 cm³/mol. The number of rotatable bonds is 4. The minimum Gasteiger partial charge on any atom is -0.658 e. The minimum absolute atomic E-state index is 0. The number of hydrogen-bond donors (Lipinski definition) is 0. The SMILES string of the molecule is Cc1cccc(C)c1[N-]c1ccccc1[N-]c1c(C)cccc1C.[CH3-].[CH3-].[Ti+4]. The molecule has 0 spiro atoms. The van der Waals surface area contributed by atoms with Crippen molar-refractivity contribution < 1.29 is 21.7 Å². The maximum Gasteiger partial charge on any atom is 4.00 e. The van der Waals surface area contributed by atoms with Crippen LogP contribution in [0.2, 0.25) is 0 Å². The third kappa shape index (κ3) is 5.72. The average Bonchev–Trinajstić information content (AvgIpc) is 2.56. The van der Waals surface area contributed by atoms with Crippen LogP contribution in [0.3, 0.4) is 0 Å². The van der Waals surface area contributed by atoms with Gasteiger partial charge in [-0.15, -0.1) is 11.4 Å². The van der Waals surface area contributed by atoms with Gasteiger partial charge in [-0.2, -0.15) is 11.4 Å². The summed E-state index contributed by atoms with van der Waals surface area (Å²) in [6, 6.07) is 20.6. The molecule has 0 aliphatic carbocycles. The van der Waals surface area contributed by atoms with Crippen LogP contribution in [0, 0.1) is 42.5 Å². The fourth-order valence-electron chi connectivity index (χ4n) is 2.86. The van der Waals surface area contributed by atoms with Crippen LogP contribution in [0.25, 0.3) is 10.6 Å². The maximum absolute atomic E-state index is 4.90. The van der Waals surface area contributed by atoms with E-state index in [1.807, 2.05) is 24.3 Å². The largest absolute Gasteiger partial charge is 4.00 e. The number of nitrogens with zero attached hydrogens (tertiary/aromatic N) is 2. The molecule has 0 fully saturated rings. The van der Waals surface area contributed by atoms with Crippen molar-refractivity contribution in [2.24, 2.45) is 0 Å². The third-order valence-electron chi connectivity index (χ3n) is 4.23. The molecule has 0 aliphatic heterocycles. The van der Waals surface area contributed by atoms with Crippen LogP contribution in [0.4, 0.5) is 22.7 Å². The second kappa shape index (κ2) is 11.0. The van der Waals surface area contributed by atoms with Crippen LogP contribution in [-0.2, 0) is 21.7 Å². The molecule has 27 heavy (non-hydrogen) atoms. The van der Waals surface area contributed by atoms with Crippen molar-refractivity contribution in [1.82, 2.24) is 0 Å². The molecule has 3 aromatic carbocycles. The Morgan fingerprint density at radius 2 is 0.778 bits per heavy atom. The fourth-order valence-corrected chi connectivity index (χ4v) is 2.86. The topological polar surface area (TPSA) is 28.2 Å². The molecule has 3 aromatic rings. The van der Waals surface area contributed by atoms with Gasteiger partial charge in [0.25, 0.3) is 0 Å². The van der Waals surface area contributed by atoms with E-state index < -0.39 is 0 Å². The number of benzene rings is 3. The maximum atomic E-state index is 4.90. The number of para-hydroxylation sites is 4. The average molecular weight is 392 g/mol. The summed E-state index contributed by atoms with van der Waals surface area (Å²) < 4.78 is 0. The van der Waals surface area contributed by atoms with Crippen molar-refractivity contribution in [2.45, 2.75) is 27.7 Å². The molecule has 0 aliphatic rings. The first-order valence-corrected chi connectivity index (χ1v) is 8.21. The van der Waals surface area contributed by atoms with Gasteiger partial charge in [-0.25, -0.2) is 0 Å². The Balaban J connectivity index is 0.00000225. The van der Waals surface area contributed by atoms with E-state index in [2.05, 4.69) is 64.1 Å². The van der Waals surface area contributed by atoms with Crippen LogP contribution in [0.15, 0.2) is 60.7 Å². The zero-order chi connectivity index (χ0) is 17.1. The molecule has 2 nitrogen and oxygen atoms in total. The van der Waals surface area contributed by atoms with Crippen LogP contribution < -0.4 is 0 Å². The van der Waals surface area contributed by atoms with E-state index in [0.29, 0.717) is 0 Å². The Morgan fingerprint density at radius 3 is 1.07 bits per heavy atom. The molecule has 0 radical (unpaired) electrons. The van der Waals surface area contributed by atoms with Crippen molar-refractivity contribution in [2.75, 3.05) is 0 Å². The summed E-state index contributed by atoms with van der Waals surface area (Å²) in [6.45, 7) is 8.38. The van der Waals surface area contributed by atoms with Gasteiger partial charge in [0.1, 0.15) is 0 Å². The molecular weight excluding hydrogens is 364 g/mol. The van der Waals surface area contributed by atoms with Gasteiger partial charge in [0.2, 0.25) is 0 Å². The van der Waals surface area contributed by atoms with Gasteiger partial charge in [-0.3, -0.25) is 0 Å². The van der Waals surface area contributed by atoms with Crippen molar-refractivity contribution in [3.8, 4) is 0 Å². The van der Waals surface area contributed by atoms with Gasteiger partial charge in [0.15, 0.2) is 0 Å². The summed E-state index contributed by atoms with van der Waals surface area (Å²) in [5.41, 5.74) is 8.57. The smallest absolute Gasteiger partial charge is 0.658 e. The molecule has 0 N–H and O–H groups in total. The molecule has 0 bridgehead atoms. The summed E-state index contributed by atoms with van der Waals surface area (Å²) in [7, 11) is 0. The molecule has 138 valence electrons. The molecular formula is C24H28N2Ti. The van der Waals surface area contributed by atoms with Gasteiger partial charge in [0.05, 0.1) is 0 Å². The summed E-state index contributed by atoms with van der Waals surface area (Å²) in [6.07, 6.45) is 0. The second-order valence-corrected chi connectivity index (χ2v) is 6.19. The third-order valence-corrected chi connectivity index (χ3v) is 4.23. The number of aryl methyl sites for hydroxylation is 4. The van der Waals surface area contributed by atoms with Crippen LogP contribution in [0.5, 0.6) is 0 Å².